The first kappa shape index (κ1) is 9.26. The van der Waals surface area contributed by atoms with Gasteiger partial charge in [0, 0.05) is 20.1 Å². The molecule has 1 aliphatic heterocycles. The second-order valence-electron chi connectivity index (χ2n) is 3.26. The van der Waals surface area contributed by atoms with Crippen molar-refractivity contribution in [1.82, 2.24) is 10.3 Å². The number of hydrogen-bond donors (Lipinski definition) is 2. The molecule has 14 heavy (non-hydrogen) atoms. The van der Waals surface area contributed by atoms with E-state index in [1.54, 1.807) is 13.2 Å². The lowest BCUT2D eigenvalue weighted by molar-refractivity contribution is -0.125. The van der Waals surface area contributed by atoms with Crippen LogP contribution in [0.25, 0.3) is 0 Å². The first-order valence-electron chi connectivity index (χ1n) is 4.38. The van der Waals surface area contributed by atoms with E-state index in [-0.39, 0.29) is 11.8 Å². The Balaban J connectivity index is 1.92. The number of thiazole rings is 1. The zero-order valence-corrected chi connectivity index (χ0v) is 8.67. The van der Waals surface area contributed by atoms with Gasteiger partial charge < -0.3 is 16.0 Å². The highest BCUT2D eigenvalue weighted by Crippen LogP contribution is 2.29. The van der Waals surface area contributed by atoms with E-state index in [1.165, 1.54) is 11.3 Å². The van der Waals surface area contributed by atoms with Crippen molar-refractivity contribution in [2.45, 2.75) is 0 Å². The number of carbonyl (C=O) groups excluding carboxylic acids is 1. The lowest BCUT2D eigenvalue weighted by atomic mass is 10.0. The first-order valence-corrected chi connectivity index (χ1v) is 5.20. The van der Waals surface area contributed by atoms with E-state index in [9.17, 15) is 4.79 Å². The molecular formula is C8H12N4OS. The van der Waals surface area contributed by atoms with Gasteiger partial charge in [-0.3, -0.25) is 4.79 Å². The Morgan fingerprint density at radius 1 is 1.79 bits per heavy atom. The fraction of sp³-hybridized carbons (Fsp3) is 0.500. The zero-order valence-electron chi connectivity index (χ0n) is 7.86. The van der Waals surface area contributed by atoms with Crippen LogP contribution < -0.4 is 16.0 Å². The zero-order chi connectivity index (χ0) is 10.1. The molecule has 3 N–H and O–H groups in total. The summed E-state index contributed by atoms with van der Waals surface area (Å²) in [6.07, 6.45) is 1.65. The van der Waals surface area contributed by atoms with Gasteiger partial charge in [-0.15, -0.1) is 0 Å². The number of amides is 1. The highest BCUT2D eigenvalue weighted by Gasteiger charge is 2.33. The molecule has 0 radical (unpaired) electrons. The molecule has 1 fully saturated rings. The van der Waals surface area contributed by atoms with Gasteiger partial charge in [-0.2, -0.15) is 0 Å². The van der Waals surface area contributed by atoms with Crippen molar-refractivity contribution >= 4 is 27.4 Å². The van der Waals surface area contributed by atoms with E-state index in [1.807, 2.05) is 0 Å². The van der Waals surface area contributed by atoms with Gasteiger partial charge in [-0.05, 0) is 0 Å². The minimum atomic E-state index is 0.102. The van der Waals surface area contributed by atoms with Gasteiger partial charge in [0.15, 0.2) is 5.13 Å². The monoisotopic (exact) mass is 212 g/mol. The molecule has 5 nitrogen and oxygen atoms in total. The Morgan fingerprint density at radius 2 is 2.50 bits per heavy atom. The number of carbonyl (C=O) groups is 1. The second-order valence-corrected chi connectivity index (χ2v) is 4.30. The van der Waals surface area contributed by atoms with Gasteiger partial charge in [0.1, 0.15) is 5.00 Å². The van der Waals surface area contributed by atoms with Gasteiger partial charge in [-0.25, -0.2) is 4.98 Å². The molecule has 1 amide bonds. The molecule has 0 unspecified atom stereocenters. The van der Waals surface area contributed by atoms with E-state index < -0.39 is 0 Å². The fourth-order valence-corrected chi connectivity index (χ4v) is 2.13. The lowest BCUT2D eigenvalue weighted by Crippen LogP contribution is -2.53. The third-order valence-corrected chi connectivity index (χ3v) is 3.17. The number of nitrogens with two attached hydrogens (primary N) is 1. The van der Waals surface area contributed by atoms with Crippen molar-refractivity contribution in [1.29, 1.82) is 0 Å². The van der Waals surface area contributed by atoms with Crippen molar-refractivity contribution < 1.29 is 4.79 Å². The molecule has 2 rings (SSSR count). The molecule has 0 atom stereocenters. The van der Waals surface area contributed by atoms with Crippen molar-refractivity contribution in [2.24, 2.45) is 5.92 Å². The number of nitrogen functional groups attached to an aromatic ring is 1. The molecule has 0 bridgehead atoms. The van der Waals surface area contributed by atoms with Crippen LogP contribution in [0.4, 0.5) is 10.1 Å². The van der Waals surface area contributed by atoms with E-state index in [2.05, 4.69) is 15.2 Å². The van der Waals surface area contributed by atoms with Crippen LogP contribution in [-0.2, 0) is 4.79 Å². The molecule has 1 saturated heterocycles. The maximum Gasteiger partial charge on any atom is 0.226 e. The number of aromatic nitrogens is 1. The number of nitrogens with zero attached hydrogens (tertiary/aromatic N) is 2. The number of hydrogen-bond acceptors (Lipinski definition) is 5. The van der Waals surface area contributed by atoms with Crippen LogP contribution in [0.2, 0.25) is 0 Å². The summed E-state index contributed by atoms with van der Waals surface area (Å²) in [6.45, 7) is 1.49. The predicted molar refractivity (Wildman–Crippen MR) is 56.3 cm³/mol. The summed E-state index contributed by atoms with van der Waals surface area (Å²) < 4.78 is 0. The van der Waals surface area contributed by atoms with Crippen LogP contribution in [0.15, 0.2) is 6.20 Å². The van der Waals surface area contributed by atoms with Crippen LogP contribution in [0.3, 0.4) is 0 Å². The average molecular weight is 212 g/mol. The number of rotatable bonds is 2. The highest BCUT2D eigenvalue weighted by atomic mass is 32.1. The van der Waals surface area contributed by atoms with Crippen LogP contribution in [-0.4, -0.2) is 31.0 Å². The predicted octanol–water partition coefficient (Wildman–Crippen LogP) is -0.0925. The van der Waals surface area contributed by atoms with Gasteiger partial charge in [0.2, 0.25) is 5.91 Å². The normalized spacial score (nSPS) is 16.5. The topological polar surface area (TPSA) is 71.2 Å². The largest absolute Gasteiger partial charge is 0.389 e. The maximum atomic E-state index is 11.2. The first-order chi connectivity index (χ1) is 6.70. The van der Waals surface area contributed by atoms with Crippen molar-refractivity contribution in [3.8, 4) is 0 Å². The molecule has 1 aromatic rings. The Kier molecular flexibility index (Phi) is 2.28. The summed E-state index contributed by atoms with van der Waals surface area (Å²) in [5.74, 6) is 0.205. The summed E-state index contributed by atoms with van der Waals surface area (Å²) in [4.78, 5) is 17.4. The van der Waals surface area contributed by atoms with Crippen LogP contribution in [0, 0.1) is 5.92 Å². The Hall–Kier alpha value is -1.30. The van der Waals surface area contributed by atoms with Gasteiger partial charge in [-0.1, -0.05) is 11.3 Å². The smallest absolute Gasteiger partial charge is 0.226 e. The van der Waals surface area contributed by atoms with Crippen LogP contribution in [0.1, 0.15) is 0 Å². The molecule has 0 aliphatic carbocycles. The van der Waals surface area contributed by atoms with Crippen molar-refractivity contribution in [3.63, 3.8) is 0 Å². The van der Waals surface area contributed by atoms with E-state index in [0.717, 1.165) is 18.2 Å². The van der Waals surface area contributed by atoms with E-state index in [0.29, 0.717) is 5.00 Å². The standard InChI is InChI=1S/C8H12N4OS/c1-10-7(13)5-3-12(4-5)8-11-2-6(9)14-8/h2,5H,3-4,9H2,1H3,(H,10,13). The van der Waals surface area contributed by atoms with Gasteiger partial charge in [0.05, 0.1) is 12.1 Å². The van der Waals surface area contributed by atoms with Crippen molar-refractivity contribution in [2.75, 3.05) is 30.8 Å². The van der Waals surface area contributed by atoms with E-state index in [4.69, 9.17) is 5.73 Å². The molecule has 2 heterocycles. The minimum Gasteiger partial charge on any atom is -0.389 e. The Morgan fingerprint density at radius 3 is 3.00 bits per heavy atom. The third-order valence-electron chi connectivity index (χ3n) is 2.28. The molecular weight excluding hydrogens is 200 g/mol. The SMILES string of the molecule is CNC(=O)C1CN(c2ncc(N)s2)C1. The highest BCUT2D eigenvalue weighted by molar-refractivity contribution is 7.19. The van der Waals surface area contributed by atoms with Crippen molar-refractivity contribution in [3.05, 3.63) is 6.20 Å². The Bertz CT molecular complexity index is 345. The summed E-state index contributed by atoms with van der Waals surface area (Å²) in [7, 11) is 1.66. The fourth-order valence-electron chi connectivity index (χ4n) is 1.43. The molecule has 0 spiro atoms. The molecule has 0 aromatic carbocycles. The summed E-state index contributed by atoms with van der Waals surface area (Å²) in [5, 5.41) is 4.25. The summed E-state index contributed by atoms with van der Waals surface area (Å²) in [6, 6.07) is 0. The van der Waals surface area contributed by atoms with Crippen LogP contribution >= 0.6 is 11.3 Å². The minimum absolute atomic E-state index is 0.102. The third kappa shape index (κ3) is 1.52. The maximum absolute atomic E-state index is 11.2. The van der Waals surface area contributed by atoms with E-state index >= 15 is 0 Å². The molecule has 1 aliphatic rings. The molecule has 6 heteroatoms. The van der Waals surface area contributed by atoms with Crippen LogP contribution in [0.5, 0.6) is 0 Å². The molecule has 0 saturated carbocycles. The second kappa shape index (κ2) is 3.45. The average Bonchev–Trinajstić information content (AvgIpc) is 2.49. The Labute approximate surface area is 85.9 Å². The molecule has 76 valence electrons. The summed E-state index contributed by atoms with van der Waals surface area (Å²) >= 11 is 1.45. The van der Waals surface area contributed by atoms with Gasteiger partial charge in [0.25, 0.3) is 0 Å². The summed E-state index contributed by atoms with van der Waals surface area (Å²) in [5.41, 5.74) is 5.57. The number of anilines is 2. The van der Waals surface area contributed by atoms with Gasteiger partial charge >= 0.3 is 0 Å². The number of nitrogens with one attached hydrogen (secondary N) is 1. The quantitative estimate of drug-likeness (QED) is 0.718. The molecule has 1 aromatic heterocycles. The lowest BCUT2D eigenvalue weighted by Gasteiger charge is -2.37.